The van der Waals surface area contributed by atoms with Crippen LogP contribution in [0.5, 0.6) is 0 Å². The summed E-state index contributed by atoms with van der Waals surface area (Å²) in [5, 5.41) is 3.02. The molecule has 1 saturated heterocycles. The highest BCUT2D eigenvalue weighted by Gasteiger charge is 2.27. The topological polar surface area (TPSA) is 57.7 Å². The third-order valence-corrected chi connectivity index (χ3v) is 4.62. The Hall–Kier alpha value is -1.66. The van der Waals surface area contributed by atoms with Crippen LogP contribution in [0.1, 0.15) is 32.4 Å². The van der Waals surface area contributed by atoms with Crippen molar-refractivity contribution in [3.05, 3.63) is 30.1 Å². The van der Waals surface area contributed by atoms with E-state index in [-0.39, 0.29) is 12.1 Å². The molecule has 0 atom stereocenters. The molecule has 1 aromatic rings. The molecule has 1 aromatic heterocycles. The van der Waals surface area contributed by atoms with Crippen molar-refractivity contribution in [2.45, 2.75) is 45.2 Å². The van der Waals surface area contributed by atoms with Crippen molar-refractivity contribution >= 4 is 6.03 Å². The zero-order valence-corrected chi connectivity index (χ0v) is 15.8. The summed E-state index contributed by atoms with van der Waals surface area (Å²) in [6.07, 6.45) is 4.85. The van der Waals surface area contributed by atoms with Crippen LogP contribution in [0.4, 0.5) is 4.79 Å². The number of pyridine rings is 1. The maximum atomic E-state index is 12.5. The van der Waals surface area contributed by atoms with E-state index >= 15 is 0 Å². The number of nitrogens with zero attached hydrogens (tertiary/aromatic N) is 3. The highest BCUT2D eigenvalue weighted by molar-refractivity contribution is 5.74. The Bertz CT molecular complexity index is 501. The Balaban J connectivity index is 1.81. The molecule has 1 aliphatic rings. The molecule has 140 valence electrons. The lowest BCUT2D eigenvalue weighted by Gasteiger charge is -2.38. The van der Waals surface area contributed by atoms with Gasteiger partial charge in [0.1, 0.15) is 0 Å². The third kappa shape index (κ3) is 6.63. The summed E-state index contributed by atoms with van der Waals surface area (Å²) in [5.74, 6) is 0. The maximum Gasteiger partial charge on any atom is 0.317 e. The second-order valence-corrected chi connectivity index (χ2v) is 6.93. The molecule has 2 heterocycles. The summed E-state index contributed by atoms with van der Waals surface area (Å²) in [6, 6.07) is 6.53. The van der Waals surface area contributed by atoms with E-state index in [0.29, 0.717) is 19.2 Å². The molecular formula is C19H32N4O2. The zero-order chi connectivity index (χ0) is 18.1. The number of urea groups is 1. The minimum Gasteiger partial charge on any atom is -0.383 e. The standard InChI is InChI=1S/C19H32N4O2/c1-16(2)21-19(24)23(14-15-25-3)18-8-12-22(13-9-18)11-7-17-6-4-5-10-20-17/h4-6,10,16,18H,7-9,11-15H2,1-3H3,(H,21,24). The van der Waals surface area contributed by atoms with Crippen LogP contribution in [-0.2, 0) is 11.2 Å². The van der Waals surface area contributed by atoms with Gasteiger partial charge in [-0.25, -0.2) is 4.79 Å². The summed E-state index contributed by atoms with van der Waals surface area (Å²) in [4.78, 5) is 21.3. The number of rotatable bonds is 8. The molecule has 0 saturated carbocycles. The van der Waals surface area contributed by atoms with Gasteiger partial charge in [-0.3, -0.25) is 4.98 Å². The lowest BCUT2D eigenvalue weighted by atomic mass is 10.0. The zero-order valence-electron chi connectivity index (χ0n) is 15.8. The molecule has 1 fully saturated rings. The second-order valence-electron chi connectivity index (χ2n) is 6.93. The van der Waals surface area contributed by atoms with Gasteiger partial charge < -0.3 is 19.9 Å². The lowest BCUT2D eigenvalue weighted by molar-refractivity contribution is 0.0945. The molecule has 0 spiro atoms. The predicted octanol–water partition coefficient (Wildman–Crippen LogP) is 2.15. The number of hydrogen-bond acceptors (Lipinski definition) is 4. The molecule has 1 N–H and O–H groups in total. The Morgan fingerprint density at radius 3 is 2.76 bits per heavy atom. The fourth-order valence-corrected chi connectivity index (χ4v) is 3.24. The first-order chi connectivity index (χ1) is 12.1. The minimum absolute atomic E-state index is 0.0268. The fraction of sp³-hybridized carbons (Fsp3) is 0.684. The maximum absolute atomic E-state index is 12.5. The molecule has 0 radical (unpaired) electrons. The smallest absolute Gasteiger partial charge is 0.317 e. The van der Waals surface area contributed by atoms with Gasteiger partial charge in [0.2, 0.25) is 0 Å². The number of carbonyl (C=O) groups is 1. The van der Waals surface area contributed by atoms with E-state index in [4.69, 9.17) is 4.74 Å². The predicted molar refractivity (Wildman–Crippen MR) is 99.7 cm³/mol. The Morgan fingerprint density at radius 2 is 2.16 bits per heavy atom. The number of amides is 2. The van der Waals surface area contributed by atoms with Crippen molar-refractivity contribution in [3.8, 4) is 0 Å². The molecule has 1 aliphatic heterocycles. The number of hydrogen-bond donors (Lipinski definition) is 1. The first kappa shape index (κ1) is 19.7. The van der Waals surface area contributed by atoms with E-state index in [9.17, 15) is 4.79 Å². The molecule has 0 unspecified atom stereocenters. The highest BCUT2D eigenvalue weighted by Crippen LogP contribution is 2.17. The van der Waals surface area contributed by atoms with Gasteiger partial charge in [0.15, 0.2) is 0 Å². The molecule has 0 bridgehead atoms. The summed E-state index contributed by atoms with van der Waals surface area (Å²) in [7, 11) is 1.68. The fourth-order valence-electron chi connectivity index (χ4n) is 3.24. The van der Waals surface area contributed by atoms with Gasteiger partial charge in [-0.15, -0.1) is 0 Å². The van der Waals surface area contributed by atoms with Gasteiger partial charge in [0.05, 0.1) is 6.61 Å². The molecule has 25 heavy (non-hydrogen) atoms. The minimum atomic E-state index is 0.0268. The Morgan fingerprint density at radius 1 is 1.40 bits per heavy atom. The molecule has 2 rings (SSSR count). The number of likely N-dealkylation sites (tertiary alicyclic amines) is 1. The second kappa shape index (κ2) is 10.4. The van der Waals surface area contributed by atoms with E-state index in [1.54, 1.807) is 7.11 Å². The molecule has 6 heteroatoms. The number of carbonyl (C=O) groups excluding carboxylic acids is 1. The van der Waals surface area contributed by atoms with E-state index in [1.165, 1.54) is 0 Å². The SMILES string of the molecule is COCCN(C(=O)NC(C)C)C1CCN(CCc2ccccn2)CC1. The lowest BCUT2D eigenvalue weighted by Crippen LogP contribution is -2.53. The van der Waals surface area contributed by atoms with Crippen LogP contribution in [0, 0.1) is 0 Å². The van der Waals surface area contributed by atoms with Gasteiger partial charge in [-0.2, -0.15) is 0 Å². The van der Waals surface area contributed by atoms with Crippen LogP contribution in [0.2, 0.25) is 0 Å². The number of piperidine rings is 1. The summed E-state index contributed by atoms with van der Waals surface area (Å²) in [5.41, 5.74) is 1.14. The Labute approximate surface area is 151 Å². The van der Waals surface area contributed by atoms with Crippen molar-refractivity contribution in [1.29, 1.82) is 0 Å². The number of aromatic nitrogens is 1. The van der Waals surface area contributed by atoms with Gasteiger partial charge in [-0.1, -0.05) is 6.07 Å². The van der Waals surface area contributed by atoms with Crippen molar-refractivity contribution in [2.24, 2.45) is 0 Å². The number of methoxy groups -OCH3 is 1. The largest absolute Gasteiger partial charge is 0.383 e. The van der Waals surface area contributed by atoms with Gasteiger partial charge in [-0.05, 0) is 38.8 Å². The van der Waals surface area contributed by atoms with Gasteiger partial charge in [0, 0.05) is 63.7 Å². The molecule has 6 nitrogen and oxygen atoms in total. The van der Waals surface area contributed by atoms with Crippen molar-refractivity contribution in [3.63, 3.8) is 0 Å². The van der Waals surface area contributed by atoms with E-state index in [0.717, 1.165) is 44.6 Å². The first-order valence-corrected chi connectivity index (χ1v) is 9.28. The van der Waals surface area contributed by atoms with Crippen LogP contribution < -0.4 is 5.32 Å². The van der Waals surface area contributed by atoms with Crippen molar-refractivity contribution in [1.82, 2.24) is 20.1 Å². The summed E-state index contributed by atoms with van der Waals surface area (Å²) < 4.78 is 5.19. The van der Waals surface area contributed by atoms with Crippen LogP contribution in [0.15, 0.2) is 24.4 Å². The molecular weight excluding hydrogens is 316 g/mol. The third-order valence-electron chi connectivity index (χ3n) is 4.62. The van der Waals surface area contributed by atoms with Crippen LogP contribution in [0.25, 0.3) is 0 Å². The van der Waals surface area contributed by atoms with Crippen molar-refractivity contribution < 1.29 is 9.53 Å². The summed E-state index contributed by atoms with van der Waals surface area (Å²) in [6.45, 7) is 8.28. The Kier molecular flexibility index (Phi) is 8.15. The highest BCUT2D eigenvalue weighted by atomic mass is 16.5. The average molecular weight is 348 g/mol. The van der Waals surface area contributed by atoms with Crippen LogP contribution in [0.3, 0.4) is 0 Å². The normalized spacial score (nSPS) is 16.2. The number of ether oxygens (including phenoxy) is 1. The average Bonchev–Trinajstić information content (AvgIpc) is 2.61. The van der Waals surface area contributed by atoms with Gasteiger partial charge >= 0.3 is 6.03 Å². The van der Waals surface area contributed by atoms with Gasteiger partial charge in [0.25, 0.3) is 0 Å². The van der Waals surface area contributed by atoms with Crippen LogP contribution >= 0.6 is 0 Å². The quantitative estimate of drug-likeness (QED) is 0.782. The van der Waals surface area contributed by atoms with Crippen LogP contribution in [-0.4, -0.2) is 72.8 Å². The first-order valence-electron chi connectivity index (χ1n) is 9.28. The number of nitrogens with one attached hydrogen (secondary N) is 1. The molecule has 0 aliphatic carbocycles. The molecule has 0 aromatic carbocycles. The van der Waals surface area contributed by atoms with Crippen molar-refractivity contribution in [2.75, 3.05) is 39.9 Å². The molecule has 2 amide bonds. The van der Waals surface area contributed by atoms with E-state index in [2.05, 4.69) is 21.3 Å². The monoisotopic (exact) mass is 348 g/mol. The summed E-state index contributed by atoms with van der Waals surface area (Å²) >= 11 is 0. The van der Waals surface area contributed by atoms with E-state index in [1.807, 2.05) is 37.1 Å². The van der Waals surface area contributed by atoms with E-state index < -0.39 is 0 Å².